The first-order valence-electron chi connectivity index (χ1n) is 7.03. The van der Waals surface area contributed by atoms with E-state index in [9.17, 15) is 4.79 Å². The number of carbonyl (C=O) groups excluding carboxylic acids is 1. The molecule has 1 aromatic heterocycles. The van der Waals surface area contributed by atoms with Gasteiger partial charge in [0.25, 0.3) is 0 Å². The molecule has 0 saturated carbocycles. The molecule has 0 aliphatic heterocycles. The van der Waals surface area contributed by atoms with Gasteiger partial charge in [-0.25, -0.2) is 4.79 Å². The molecule has 1 aromatic rings. The summed E-state index contributed by atoms with van der Waals surface area (Å²) in [6.45, 7) is 9.81. The Labute approximate surface area is 115 Å². The zero-order chi connectivity index (χ0) is 14.5. The molecular weight excluding hydrogens is 242 g/mol. The van der Waals surface area contributed by atoms with E-state index < -0.39 is 11.6 Å². The lowest BCUT2D eigenvalue weighted by Crippen LogP contribution is -2.25. The van der Waals surface area contributed by atoms with Crippen LogP contribution in [0.25, 0.3) is 0 Å². The summed E-state index contributed by atoms with van der Waals surface area (Å²) in [5, 5.41) is 10.7. The van der Waals surface area contributed by atoms with Crippen LogP contribution in [0.2, 0.25) is 0 Å². The van der Waals surface area contributed by atoms with E-state index in [0.717, 1.165) is 31.4 Å². The molecule has 5 heteroatoms. The highest BCUT2D eigenvalue weighted by Crippen LogP contribution is 2.27. The zero-order valence-electron chi connectivity index (χ0n) is 12.6. The Morgan fingerprint density at radius 3 is 2.26 bits per heavy atom. The molecule has 0 aromatic carbocycles. The van der Waals surface area contributed by atoms with Crippen molar-refractivity contribution in [2.24, 2.45) is 0 Å². The van der Waals surface area contributed by atoms with E-state index in [-0.39, 0.29) is 5.92 Å². The second-order valence-electron chi connectivity index (χ2n) is 5.83. The fraction of sp³-hybridized carbons (Fsp3) is 0.786. The summed E-state index contributed by atoms with van der Waals surface area (Å²) in [6, 6.07) is 0. The molecule has 0 radical (unpaired) electrons. The van der Waals surface area contributed by atoms with E-state index in [2.05, 4.69) is 29.3 Å². The minimum atomic E-state index is -0.516. The number of nitrogens with zero attached hydrogens (tertiary/aromatic N) is 2. The SMILES string of the molecule is CCCC(CCC)c1n[nH]nc1C(=O)OC(C)(C)C. The molecule has 0 saturated heterocycles. The summed E-state index contributed by atoms with van der Waals surface area (Å²) in [6.07, 6.45) is 4.14. The predicted molar refractivity (Wildman–Crippen MR) is 74.1 cm³/mol. The summed E-state index contributed by atoms with van der Waals surface area (Å²) in [7, 11) is 0. The van der Waals surface area contributed by atoms with Crippen molar-refractivity contribution < 1.29 is 9.53 Å². The van der Waals surface area contributed by atoms with Gasteiger partial charge in [-0.05, 0) is 33.6 Å². The first-order chi connectivity index (χ1) is 8.89. The van der Waals surface area contributed by atoms with Gasteiger partial charge in [0.2, 0.25) is 0 Å². The van der Waals surface area contributed by atoms with Crippen molar-refractivity contribution in [3.8, 4) is 0 Å². The van der Waals surface area contributed by atoms with E-state index in [1.807, 2.05) is 20.8 Å². The molecule has 19 heavy (non-hydrogen) atoms. The van der Waals surface area contributed by atoms with Gasteiger partial charge in [-0.1, -0.05) is 26.7 Å². The molecule has 1 heterocycles. The molecule has 0 bridgehead atoms. The van der Waals surface area contributed by atoms with Gasteiger partial charge >= 0.3 is 5.97 Å². The first kappa shape index (κ1) is 15.7. The van der Waals surface area contributed by atoms with Gasteiger partial charge in [-0.2, -0.15) is 10.3 Å². The Bertz CT molecular complexity index is 401. The zero-order valence-corrected chi connectivity index (χ0v) is 12.6. The Hall–Kier alpha value is -1.39. The van der Waals surface area contributed by atoms with Crippen molar-refractivity contribution in [1.82, 2.24) is 15.4 Å². The van der Waals surface area contributed by atoms with Gasteiger partial charge < -0.3 is 4.74 Å². The Balaban J connectivity index is 2.92. The number of esters is 1. The number of H-pyrrole nitrogens is 1. The van der Waals surface area contributed by atoms with E-state index in [1.54, 1.807) is 0 Å². The minimum absolute atomic E-state index is 0.274. The molecule has 0 spiro atoms. The Morgan fingerprint density at radius 2 is 1.79 bits per heavy atom. The average molecular weight is 267 g/mol. The van der Waals surface area contributed by atoms with Crippen LogP contribution in [-0.2, 0) is 4.74 Å². The molecule has 0 unspecified atom stereocenters. The summed E-state index contributed by atoms with van der Waals surface area (Å²) >= 11 is 0. The van der Waals surface area contributed by atoms with Crippen LogP contribution in [0.4, 0.5) is 0 Å². The fourth-order valence-corrected chi connectivity index (χ4v) is 2.12. The molecule has 108 valence electrons. The number of hydrogen-bond donors (Lipinski definition) is 1. The maximum atomic E-state index is 12.1. The molecule has 5 nitrogen and oxygen atoms in total. The van der Waals surface area contributed by atoms with Gasteiger partial charge in [0.1, 0.15) is 11.3 Å². The molecule has 0 fully saturated rings. The molecule has 1 N–H and O–H groups in total. The van der Waals surface area contributed by atoms with E-state index >= 15 is 0 Å². The largest absolute Gasteiger partial charge is 0.455 e. The third kappa shape index (κ3) is 4.65. The van der Waals surface area contributed by atoms with Crippen molar-refractivity contribution >= 4 is 5.97 Å². The minimum Gasteiger partial charge on any atom is -0.455 e. The Morgan fingerprint density at radius 1 is 1.21 bits per heavy atom. The molecule has 0 aliphatic carbocycles. The lowest BCUT2D eigenvalue weighted by atomic mass is 9.93. The van der Waals surface area contributed by atoms with Crippen LogP contribution in [0.3, 0.4) is 0 Å². The molecule has 1 rings (SSSR count). The number of hydrogen-bond acceptors (Lipinski definition) is 4. The first-order valence-corrected chi connectivity index (χ1v) is 7.03. The molecule has 0 atom stereocenters. The highest BCUT2D eigenvalue weighted by molar-refractivity contribution is 5.88. The lowest BCUT2D eigenvalue weighted by molar-refractivity contribution is 0.00608. The van der Waals surface area contributed by atoms with Crippen LogP contribution in [0.5, 0.6) is 0 Å². The highest BCUT2D eigenvalue weighted by Gasteiger charge is 2.27. The van der Waals surface area contributed by atoms with E-state index in [1.165, 1.54) is 0 Å². The van der Waals surface area contributed by atoms with Crippen molar-refractivity contribution in [3.05, 3.63) is 11.4 Å². The number of aromatic nitrogens is 3. The summed E-state index contributed by atoms with van der Waals surface area (Å²) in [4.78, 5) is 12.1. The normalized spacial score (nSPS) is 11.9. The number of nitrogens with one attached hydrogen (secondary N) is 1. The van der Waals surface area contributed by atoms with Gasteiger partial charge in [-0.15, -0.1) is 5.10 Å². The topological polar surface area (TPSA) is 67.9 Å². The van der Waals surface area contributed by atoms with Gasteiger partial charge in [0.15, 0.2) is 5.69 Å². The van der Waals surface area contributed by atoms with Crippen LogP contribution in [0, 0.1) is 0 Å². The van der Waals surface area contributed by atoms with Crippen LogP contribution >= 0.6 is 0 Å². The van der Waals surface area contributed by atoms with Crippen molar-refractivity contribution in [3.63, 3.8) is 0 Å². The number of rotatable bonds is 6. The summed E-state index contributed by atoms with van der Waals surface area (Å²) in [5.74, 6) is -0.121. The van der Waals surface area contributed by atoms with Crippen LogP contribution in [0.15, 0.2) is 0 Å². The van der Waals surface area contributed by atoms with E-state index in [4.69, 9.17) is 4.74 Å². The second kappa shape index (κ2) is 6.68. The van der Waals surface area contributed by atoms with Crippen LogP contribution in [0.1, 0.15) is 82.4 Å². The second-order valence-corrected chi connectivity index (χ2v) is 5.83. The maximum absolute atomic E-state index is 12.1. The third-order valence-electron chi connectivity index (χ3n) is 2.83. The number of ether oxygens (including phenoxy) is 1. The van der Waals surface area contributed by atoms with Crippen molar-refractivity contribution in [2.75, 3.05) is 0 Å². The van der Waals surface area contributed by atoms with Crippen molar-refractivity contribution in [2.45, 2.75) is 71.8 Å². The van der Waals surface area contributed by atoms with Crippen LogP contribution in [-0.4, -0.2) is 27.0 Å². The average Bonchev–Trinajstić information content (AvgIpc) is 2.75. The predicted octanol–water partition coefficient (Wildman–Crippen LogP) is 3.44. The smallest absolute Gasteiger partial charge is 0.361 e. The van der Waals surface area contributed by atoms with Crippen LogP contribution < -0.4 is 0 Å². The third-order valence-corrected chi connectivity index (χ3v) is 2.83. The summed E-state index contributed by atoms with van der Waals surface area (Å²) in [5.41, 5.74) is 0.568. The van der Waals surface area contributed by atoms with Gasteiger partial charge in [-0.3, -0.25) is 0 Å². The molecular formula is C14H25N3O2. The lowest BCUT2D eigenvalue weighted by Gasteiger charge is -2.19. The van der Waals surface area contributed by atoms with E-state index in [0.29, 0.717) is 5.69 Å². The van der Waals surface area contributed by atoms with Crippen molar-refractivity contribution in [1.29, 1.82) is 0 Å². The monoisotopic (exact) mass is 267 g/mol. The van der Waals surface area contributed by atoms with Gasteiger partial charge in [0.05, 0.1) is 0 Å². The van der Waals surface area contributed by atoms with Gasteiger partial charge in [0, 0.05) is 5.92 Å². The molecule has 0 amide bonds. The fourth-order valence-electron chi connectivity index (χ4n) is 2.12. The quantitative estimate of drug-likeness (QED) is 0.802. The summed E-state index contributed by atoms with van der Waals surface area (Å²) < 4.78 is 5.37. The molecule has 0 aliphatic rings. The highest BCUT2D eigenvalue weighted by atomic mass is 16.6. The maximum Gasteiger partial charge on any atom is 0.361 e. The Kier molecular flexibility index (Phi) is 5.51. The standard InChI is InChI=1S/C14H25N3O2/c1-6-8-10(9-7-2)11-12(16-17-15-11)13(18)19-14(3,4)5/h10H,6-9H2,1-5H3,(H,15,16,17). The number of aromatic amines is 1. The number of carbonyl (C=O) groups is 1.